The predicted octanol–water partition coefficient (Wildman–Crippen LogP) is 3.51. The van der Waals surface area contributed by atoms with Gasteiger partial charge in [-0.3, -0.25) is 4.79 Å². The second kappa shape index (κ2) is 8.63. The predicted molar refractivity (Wildman–Crippen MR) is 123 cm³/mol. The summed E-state index contributed by atoms with van der Waals surface area (Å²) in [5, 5.41) is 7.58. The molecule has 2 heterocycles. The number of anilines is 2. The number of nitrogens with zero attached hydrogens (tertiary/aromatic N) is 4. The average Bonchev–Trinajstić information content (AvgIpc) is 2.77. The van der Waals surface area contributed by atoms with Gasteiger partial charge in [0.2, 0.25) is 0 Å². The fourth-order valence-corrected chi connectivity index (χ4v) is 3.73. The van der Waals surface area contributed by atoms with Gasteiger partial charge in [-0.1, -0.05) is 35.4 Å². The van der Waals surface area contributed by atoms with Gasteiger partial charge >= 0.3 is 6.03 Å². The summed E-state index contributed by atoms with van der Waals surface area (Å²) in [5.74, 6) is 0.731. The quantitative estimate of drug-likeness (QED) is 0.708. The highest BCUT2D eigenvalue weighted by molar-refractivity contribution is 5.90. The van der Waals surface area contributed by atoms with Crippen molar-refractivity contribution in [2.24, 2.45) is 0 Å². The fourth-order valence-electron chi connectivity index (χ4n) is 3.73. The van der Waals surface area contributed by atoms with E-state index in [1.807, 2.05) is 62.1 Å². The van der Waals surface area contributed by atoms with Gasteiger partial charge in [0.25, 0.3) is 5.56 Å². The number of rotatable bonds is 3. The normalized spacial score (nSPS) is 13.9. The van der Waals surface area contributed by atoms with Gasteiger partial charge in [0.15, 0.2) is 0 Å². The molecule has 0 unspecified atom stereocenters. The van der Waals surface area contributed by atoms with Crippen LogP contribution in [0.4, 0.5) is 16.3 Å². The molecule has 7 nitrogen and oxygen atoms in total. The SMILES string of the molecule is Cc1ccc(-n2nc(N3CCN(C(=O)Nc4ccc(C)cc4C)CC3)ccc2=O)cc1. The molecule has 1 aliphatic heterocycles. The van der Waals surface area contributed by atoms with Crippen molar-refractivity contribution in [3.8, 4) is 5.69 Å². The van der Waals surface area contributed by atoms with Crippen LogP contribution in [0.25, 0.3) is 5.69 Å². The minimum Gasteiger partial charge on any atom is -0.352 e. The number of hydrogen-bond donors (Lipinski definition) is 1. The first kappa shape index (κ1) is 20.7. The zero-order valence-electron chi connectivity index (χ0n) is 18.1. The molecule has 2 amide bonds. The van der Waals surface area contributed by atoms with Gasteiger partial charge in [-0.2, -0.15) is 4.68 Å². The van der Waals surface area contributed by atoms with Crippen molar-refractivity contribution in [2.45, 2.75) is 20.8 Å². The monoisotopic (exact) mass is 417 g/mol. The summed E-state index contributed by atoms with van der Waals surface area (Å²) in [5.41, 5.74) is 4.76. The summed E-state index contributed by atoms with van der Waals surface area (Å²) in [6.07, 6.45) is 0. The van der Waals surface area contributed by atoms with Crippen LogP contribution in [0.15, 0.2) is 59.4 Å². The largest absolute Gasteiger partial charge is 0.352 e. The number of carbonyl (C=O) groups excluding carboxylic acids is 1. The Morgan fingerprint density at radius 3 is 2.23 bits per heavy atom. The smallest absolute Gasteiger partial charge is 0.321 e. The molecule has 3 aromatic rings. The number of piperazine rings is 1. The van der Waals surface area contributed by atoms with E-state index < -0.39 is 0 Å². The third-order valence-corrected chi connectivity index (χ3v) is 5.58. The van der Waals surface area contributed by atoms with Crippen LogP contribution in [0, 0.1) is 20.8 Å². The molecule has 1 aliphatic rings. The first-order chi connectivity index (χ1) is 14.9. The van der Waals surface area contributed by atoms with E-state index in [9.17, 15) is 9.59 Å². The molecule has 1 N–H and O–H groups in total. The Kier molecular flexibility index (Phi) is 5.75. The van der Waals surface area contributed by atoms with Gasteiger partial charge in [-0.25, -0.2) is 4.79 Å². The molecule has 0 spiro atoms. The molecular weight excluding hydrogens is 390 g/mol. The third-order valence-electron chi connectivity index (χ3n) is 5.58. The minimum atomic E-state index is -0.168. The summed E-state index contributed by atoms with van der Waals surface area (Å²) >= 11 is 0. The van der Waals surface area contributed by atoms with Gasteiger partial charge in [0.05, 0.1) is 5.69 Å². The Bertz CT molecular complexity index is 1150. The second-order valence-electron chi connectivity index (χ2n) is 8.00. The lowest BCUT2D eigenvalue weighted by molar-refractivity contribution is 0.208. The lowest BCUT2D eigenvalue weighted by Gasteiger charge is -2.35. The summed E-state index contributed by atoms with van der Waals surface area (Å²) in [6.45, 7) is 8.51. The summed E-state index contributed by atoms with van der Waals surface area (Å²) in [4.78, 5) is 28.9. The first-order valence-corrected chi connectivity index (χ1v) is 10.5. The van der Waals surface area contributed by atoms with Crippen LogP contribution in [0.5, 0.6) is 0 Å². The maximum Gasteiger partial charge on any atom is 0.321 e. The second-order valence-corrected chi connectivity index (χ2v) is 8.00. The summed E-state index contributed by atoms with van der Waals surface area (Å²) in [7, 11) is 0. The van der Waals surface area contributed by atoms with E-state index >= 15 is 0 Å². The van der Waals surface area contributed by atoms with Gasteiger partial charge in [-0.15, -0.1) is 5.10 Å². The first-order valence-electron chi connectivity index (χ1n) is 10.5. The number of amides is 2. The van der Waals surface area contributed by atoms with Crippen molar-refractivity contribution in [1.29, 1.82) is 0 Å². The minimum absolute atomic E-state index is 0.0933. The van der Waals surface area contributed by atoms with E-state index in [2.05, 4.69) is 21.4 Å². The van der Waals surface area contributed by atoms with Crippen molar-refractivity contribution in [3.63, 3.8) is 0 Å². The molecule has 0 radical (unpaired) electrons. The van der Waals surface area contributed by atoms with E-state index in [-0.39, 0.29) is 11.6 Å². The van der Waals surface area contributed by atoms with E-state index in [1.165, 1.54) is 10.2 Å². The number of nitrogens with one attached hydrogen (secondary N) is 1. The third kappa shape index (κ3) is 4.60. The maximum atomic E-state index is 12.7. The zero-order chi connectivity index (χ0) is 22.0. The molecule has 1 fully saturated rings. The lowest BCUT2D eigenvalue weighted by atomic mass is 10.1. The molecular formula is C24H27N5O2. The van der Waals surface area contributed by atoms with Gasteiger partial charge in [0.1, 0.15) is 5.82 Å². The standard InChI is InChI=1S/C24H27N5O2/c1-17-4-7-20(8-5-17)29-23(30)11-10-22(26-29)27-12-14-28(15-13-27)24(31)25-21-9-6-18(2)16-19(21)3/h4-11,16H,12-15H2,1-3H3,(H,25,31). The van der Waals surface area contributed by atoms with Crippen LogP contribution in [-0.4, -0.2) is 46.9 Å². The Morgan fingerprint density at radius 1 is 0.871 bits per heavy atom. The van der Waals surface area contributed by atoms with Crippen LogP contribution in [0.2, 0.25) is 0 Å². The molecule has 0 aliphatic carbocycles. The van der Waals surface area contributed by atoms with E-state index in [0.717, 1.165) is 28.3 Å². The molecule has 4 rings (SSSR count). The van der Waals surface area contributed by atoms with Crippen LogP contribution in [0.1, 0.15) is 16.7 Å². The van der Waals surface area contributed by atoms with Gasteiger partial charge in [-0.05, 0) is 50.6 Å². The molecule has 1 saturated heterocycles. The Labute approximate surface area is 181 Å². The highest BCUT2D eigenvalue weighted by Gasteiger charge is 2.23. The molecule has 160 valence electrons. The van der Waals surface area contributed by atoms with Crippen LogP contribution >= 0.6 is 0 Å². The van der Waals surface area contributed by atoms with Crippen LogP contribution in [-0.2, 0) is 0 Å². The fraction of sp³-hybridized carbons (Fsp3) is 0.292. The van der Waals surface area contributed by atoms with Gasteiger partial charge < -0.3 is 15.1 Å². The van der Waals surface area contributed by atoms with Crippen molar-refractivity contribution >= 4 is 17.5 Å². The Hall–Kier alpha value is -3.61. The van der Waals surface area contributed by atoms with E-state index in [1.54, 1.807) is 12.1 Å². The molecule has 7 heteroatoms. The van der Waals surface area contributed by atoms with Gasteiger partial charge in [0, 0.05) is 37.9 Å². The van der Waals surface area contributed by atoms with Crippen molar-refractivity contribution in [3.05, 3.63) is 81.6 Å². The average molecular weight is 418 g/mol. The number of hydrogen-bond acceptors (Lipinski definition) is 4. The number of carbonyl (C=O) groups is 1. The molecule has 0 saturated carbocycles. The van der Waals surface area contributed by atoms with Crippen LogP contribution in [0.3, 0.4) is 0 Å². The maximum absolute atomic E-state index is 12.7. The Morgan fingerprint density at radius 2 is 1.55 bits per heavy atom. The van der Waals surface area contributed by atoms with E-state index in [4.69, 9.17) is 0 Å². The number of aryl methyl sites for hydroxylation is 3. The zero-order valence-corrected chi connectivity index (χ0v) is 18.1. The van der Waals surface area contributed by atoms with Crippen molar-refractivity contribution < 1.29 is 4.79 Å². The molecule has 31 heavy (non-hydrogen) atoms. The molecule has 1 aromatic heterocycles. The summed E-state index contributed by atoms with van der Waals surface area (Å²) < 4.78 is 1.42. The lowest BCUT2D eigenvalue weighted by Crippen LogP contribution is -2.50. The molecule has 0 atom stereocenters. The number of urea groups is 1. The highest BCUT2D eigenvalue weighted by atomic mass is 16.2. The van der Waals surface area contributed by atoms with E-state index in [0.29, 0.717) is 26.2 Å². The highest BCUT2D eigenvalue weighted by Crippen LogP contribution is 2.18. The topological polar surface area (TPSA) is 70.5 Å². The molecule has 2 aromatic carbocycles. The Balaban J connectivity index is 1.43. The van der Waals surface area contributed by atoms with Crippen LogP contribution < -0.4 is 15.8 Å². The molecule has 0 bridgehead atoms. The van der Waals surface area contributed by atoms with Crippen molar-refractivity contribution in [2.75, 3.05) is 36.4 Å². The van der Waals surface area contributed by atoms with Crippen molar-refractivity contribution in [1.82, 2.24) is 14.7 Å². The number of benzene rings is 2. The summed E-state index contributed by atoms with van der Waals surface area (Å²) in [6, 6.07) is 16.9. The number of aromatic nitrogens is 2.